The second-order valence-corrected chi connectivity index (χ2v) is 7.76. The van der Waals surface area contributed by atoms with Gasteiger partial charge in [0.15, 0.2) is 0 Å². The van der Waals surface area contributed by atoms with E-state index in [-0.39, 0.29) is 12.1 Å². The molecular formula is C24H40N2O2. The van der Waals surface area contributed by atoms with Crippen LogP contribution in [0.15, 0.2) is 24.3 Å². The van der Waals surface area contributed by atoms with Crippen molar-refractivity contribution in [3.63, 3.8) is 0 Å². The molecule has 1 aromatic rings. The minimum atomic E-state index is -0.133. The van der Waals surface area contributed by atoms with E-state index in [9.17, 15) is 9.59 Å². The van der Waals surface area contributed by atoms with Crippen LogP contribution in [0.1, 0.15) is 90.9 Å². The van der Waals surface area contributed by atoms with E-state index in [1.807, 2.05) is 24.3 Å². The van der Waals surface area contributed by atoms with Crippen LogP contribution < -0.4 is 10.6 Å². The number of hydrogen-bond acceptors (Lipinski definition) is 4. The van der Waals surface area contributed by atoms with Gasteiger partial charge in [0.25, 0.3) is 0 Å². The number of aldehydes is 2. The summed E-state index contributed by atoms with van der Waals surface area (Å²) in [7, 11) is 0. The molecule has 0 aliphatic heterocycles. The molecule has 0 bridgehead atoms. The smallest absolute Gasteiger partial charge is 0.142 e. The van der Waals surface area contributed by atoms with E-state index in [1.54, 1.807) is 0 Å². The summed E-state index contributed by atoms with van der Waals surface area (Å²) >= 11 is 0. The molecule has 0 aromatic heterocycles. The van der Waals surface area contributed by atoms with E-state index in [4.69, 9.17) is 0 Å². The lowest BCUT2D eigenvalue weighted by Gasteiger charge is -2.16. The lowest BCUT2D eigenvalue weighted by Crippen LogP contribution is -2.22. The topological polar surface area (TPSA) is 58.2 Å². The molecule has 158 valence electrons. The number of rotatable bonds is 18. The predicted octanol–water partition coefficient (Wildman–Crippen LogP) is 6.37. The first kappa shape index (κ1) is 24.2. The monoisotopic (exact) mass is 388 g/mol. The third-order valence-electron chi connectivity index (χ3n) is 5.15. The molecule has 28 heavy (non-hydrogen) atoms. The van der Waals surface area contributed by atoms with Crippen LogP contribution >= 0.6 is 0 Å². The summed E-state index contributed by atoms with van der Waals surface area (Å²) in [5, 5.41) is 6.61. The fourth-order valence-corrected chi connectivity index (χ4v) is 3.37. The zero-order valence-corrected chi connectivity index (χ0v) is 17.9. The van der Waals surface area contributed by atoms with Crippen LogP contribution in [0, 0.1) is 0 Å². The number of unbranched alkanes of at least 4 members (excludes halogenated alkanes) is 8. The van der Waals surface area contributed by atoms with Crippen molar-refractivity contribution in [1.82, 2.24) is 0 Å². The SMILES string of the molecule is CCCCCCCC(C=O)Nc1ccc(NC(C=O)CCCCCCC)cc1. The van der Waals surface area contributed by atoms with Gasteiger partial charge in [-0.05, 0) is 37.1 Å². The van der Waals surface area contributed by atoms with Crippen molar-refractivity contribution in [2.45, 2.75) is 103 Å². The van der Waals surface area contributed by atoms with Gasteiger partial charge in [0.05, 0.1) is 12.1 Å². The number of carbonyl (C=O) groups excluding carboxylic acids is 2. The van der Waals surface area contributed by atoms with Crippen LogP contribution in [0.3, 0.4) is 0 Å². The molecular weight excluding hydrogens is 348 g/mol. The van der Waals surface area contributed by atoms with Gasteiger partial charge < -0.3 is 20.2 Å². The molecule has 2 N–H and O–H groups in total. The van der Waals surface area contributed by atoms with Crippen LogP contribution in [0.5, 0.6) is 0 Å². The average molecular weight is 389 g/mol. The average Bonchev–Trinajstić information content (AvgIpc) is 2.72. The zero-order chi connectivity index (χ0) is 20.5. The van der Waals surface area contributed by atoms with Crippen molar-refractivity contribution in [3.8, 4) is 0 Å². The Morgan fingerprint density at radius 2 is 1.00 bits per heavy atom. The van der Waals surface area contributed by atoms with Crippen molar-refractivity contribution in [2.75, 3.05) is 10.6 Å². The Hall–Kier alpha value is -1.84. The minimum Gasteiger partial charge on any atom is -0.376 e. The molecule has 0 heterocycles. The summed E-state index contributed by atoms with van der Waals surface area (Å²) in [5.74, 6) is 0. The molecule has 4 heteroatoms. The van der Waals surface area contributed by atoms with Crippen LogP contribution in [0.25, 0.3) is 0 Å². The van der Waals surface area contributed by atoms with E-state index >= 15 is 0 Å². The van der Waals surface area contributed by atoms with E-state index in [2.05, 4.69) is 24.5 Å². The number of anilines is 2. The van der Waals surface area contributed by atoms with Crippen LogP contribution in [-0.4, -0.2) is 24.7 Å². The molecule has 0 aliphatic carbocycles. The van der Waals surface area contributed by atoms with E-state index in [0.717, 1.165) is 49.6 Å². The number of carbonyl (C=O) groups is 2. The molecule has 1 aromatic carbocycles. The summed E-state index contributed by atoms with van der Waals surface area (Å²) < 4.78 is 0. The predicted molar refractivity (Wildman–Crippen MR) is 120 cm³/mol. The summed E-state index contributed by atoms with van der Waals surface area (Å²) in [6, 6.07) is 7.62. The van der Waals surface area contributed by atoms with Crippen molar-refractivity contribution in [2.24, 2.45) is 0 Å². The lowest BCUT2D eigenvalue weighted by atomic mass is 10.1. The molecule has 4 nitrogen and oxygen atoms in total. The van der Waals surface area contributed by atoms with Crippen molar-refractivity contribution in [1.29, 1.82) is 0 Å². The highest BCUT2D eigenvalue weighted by Gasteiger charge is 2.09. The second kappa shape index (κ2) is 16.1. The molecule has 0 aliphatic rings. The summed E-state index contributed by atoms with van der Waals surface area (Å²) in [6.45, 7) is 4.42. The maximum Gasteiger partial charge on any atom is 0.142 e. The number of benzene rings is 1. The molecule has 2 unspecified atom stereocenters. The maximum absolute atomic E-state index is 11.3. The molecule has 0 amide bonds. The summed E-state index contributed by atoms with van der Waals surface area (Å²) in [5.41, 5.74) is 1.89. The van der Waals surface area contributed by atoms with Gasteiger partial charge in [-0.25, -0.2) is 0 Å². The lowest BCUT2D eigenvalue weighted by molar-refractivity contribution is -0.109. The Morgan fingerprint density at radius 1 is 0.643 bits per heavy atom. The van der Waals surface area contributed by atoms with Crippen molar-refractivity contribution >= 4 is 23.9 Å². The van der Waals surface area contributed by atoms with Gasteiger partial charge in [0, 0.05) is 11.4 Å². The summed E-state index contributed by atoms with van der Waals surface area (Å²) in [6.07, 6.45) is 15.8. The van der Waals surface area contributed by atoms with Gasteiger partial charge in [-0.3, -0.25) is 0 Å². The minimum absolute atomic E-state index is 0.133. The van der Waals surface area contributed by atoms with Gasteiger partial charge in [-0.2, -0.15) is 0 Å². The molecule has 2 atom stereocenters. The highest BCUT2D eigenvalue weighted by Crippen LogP contribution is 2.18. The van der Waals surface area contributed by atoms with Gasteiger partial charge in [-0.1, -0.05) is 78.1 Å². The van der Waals surface area contributed by atoms with Crippen LogP contribution in [0.2, 0.25) is 0 Å². The Balaban J connectivity index is 2.37. The zero-order valence-electron chi connectivity index (χ0n) is 17.9. The Kier molecular flexibility index (Phi) is 14.0. The Morgan fingerprint density at radius 3 is 1.32 bits per heavy atom. The first-order valence-corrected chi connectivity index (χ1v) is 11.3. The first-order chi connectivity index (χ1) is 13.7. The quantitative estimate of drug-likeness (QED) is 0.227. The first-order valence-electron chi connectivity index (χ1n) is 11.3. The normalized spacial score (nSPS) is 12.9. The standard InChI is InChI=1S/C24H40N2O2/c1-3-5-7-9-11-13-23(19-27)25-21-15-17-22(18-16-21)26-24(20-28)14-12-10-8-6-4-2/h15-20,23-26H,3-14H2,1-2H3. The second-order valence-electron chi connectivity index (χ2n) is 7.76. The molecule has 0 spiro atoms. The fourth-order valence-electron chi connectivity index (χ4n) is 3.37. The van der Waals surface area contributed by atoms with Gasteiger partial charge >= 0.3 is 0 Å². The van der Waals surface area contributed by atoms with Crippen LogP contribution in [-0.2, 0) is 9.59 Å². The third-order valence-corrected chi connectivity index (χ3v) is 5.15. The number of hydrogen-bond donors (Lipinski definition) is 2. The van der Waals surface area contributed by atoms with Gasteiger partial charge in [0.2, 0.25) is 0 Å². The highest BCUT2D eigenvalue weighted by molar-refractivity contribution is 5.67. The van der Waals surface area contributed by atoms with Crippen molar-refractivity contribution < 1.29 is 9.59 Å². The Bertz CT molecular complexity index is 469. The molecule has 0 fully saturated rings. The van der Waals surface area contributed by atoms with E-state index in [1.165, 1.54) is 51.4 Å². The molecule has 0 radical (unpaired) electrons. The largest absolute Gasteiger partial charge is 0.376 e. The van der Waals surface area contributed by atoms with Crippen LogP contribution in [0.4, 0.5) is 11.4 Å². The number of nitrogens with one attached hydrogen (secondary N) is 2. The van der Waals surface area contributed by atoms with E-state index in [0.29, 0.717) is 0 Å². The maximum atomic E-state index is 11.3. The summed E-state index contributed by atoms with van der Waals surface area (Å²) in [4.78, 5) is 22.7. The highest BCUT2D eigenvalue weighted by atomic mass is 16.1. The fraction of sp³-hybridized carbons (Fsp3) is 0.667. The molecule has 1 rings (SSSR count). The van der Waals surface area contributed by atoms with Gasteiger partial charge in [-0.15, -0.1) is 0 Å². The Labute approximate surface area is 171 Å². The van der Waals surface area contributed by atoms with E-state index < -0.39 is 0 Å². The van der Waals surface area contributed by atoms with Gasteiger partial charge in [0.1, 0.15) is 12.6 Å². The van der Waals surface area contributed by atoms with Crippen molar-refractivity contribution in [3.05, 3.63) is 24.3 Å². The third kappa shape index (κ3) is 11.1. The molecule has 0 saturated carbocycles. The molecule has 0 saturated heterocycles.